The first-order chi connectivity index (χ1) is 8.25. The summed E-state index contributed by atoms with van der Waals surface area (Å²) < 4.78 is 0. The van der Waals surface area contributed by atoms with E-state index in [9.17, 15) is 4.79 Å². The van der Waals surface area contributed by atoms with Crippen molar-refractivity contribution in [3.8, 4) is 0 Å². The van der Waals surface area contributed by atoms with Crippen LogP contribution in [-0.4, -0.2) is 36.5 Å². The average Bonchev–Trinajstić information content (AvgIpc) is 2.57. The Kier molecular flexibility index (Phi) is 4.84. The van der Waals surface area contributed by atoms with E-state index < -0.39 is 0 Å². The van der Waals surface area contributed by atoms with Gasteiger partial charge in [-0.1, -0.05) is 25.7 Å². The Morgan fingerprint density at radius 1 is 1.24 bits per heavy atom. The summed E-state index contributed by atoms with van der Waals surface area (Å²) in [7, 11) is 0. The first-order valence-electron chi connectivity index (χ1n) is 7.27. The molecular weight excluding hydrogens is 212 g/mol. The van der Waals surface area contributed by atoms with Crippen LogP contribution in [0.2, 0.25) is 0 Å². The Morgan fingerprint density at radius 3 is 2.59 bits per heavy atom. The smallest absolute Gasteiger partial charge is 0.222 e. The Hall–Kier alpha value is -0.570. The van der Waals surface area contributed by atoms with Gasteiger partial charge >= 0.3 is 0 Å². The molecule has 1 aliphatic carbocycles. The minimum absolute atomic E-state index is 0.394. The lowest BCUT2D eigenvalue weighted by Crippen LogP contribution is -2.51. The predicted octanol–water partition coefficient (Wildman–Crippen LogP) is 2.17. The number of nitrogens with zero attached hydrogens (tertiary/aromatic N) is 1. The van der Waals surface area contributed by atoms with Crippen LogP contribution in [0, 0.1) is 5.92 Å². The highest BCUT2D eigenvalue weighted by Crippen LogP contribution is 2.26. The van der Waals surface area contributed by atoms with Crippen molar-refractivity contribution in [3.05, 3.63) is 0 Å². The largest absolute Gasteiger partial charge is 0.340 e. The third-order valence-corrected chi connectivity index (χ3v) is 4.16. The Labute approximate surface area is 105 Å². The summed E-state index contributed by atoms with van der Waals surface area (Å²) in [6.07, 6.45) is 8.74. The number of hydrogen-bond donors (Lipinski definition) is 1. The second kappa shape index (κ2) is 6.39. The number of piperazine rings is 1. The molecular formula is C14H26N2O. The lowest BCUT2D eigenvalue weighted by molar-refractivity contribution is -0.133. The van der Waals surface area contributed by atoms with Crippen LogP contribution in [0.15, 0.2) is 0 Å². The summed E-state index contributed by atoms with van der Waals surface area (Å²) in [4.78, 5) is 14.3. The summed E-state index contributed by atoms with van der Waals surface area (Å²) in [5.74, 6) is 1.06. The van der Waals surface area contributed by atoms with Gasteiger partial charge in [-0.25, -0.2) is 0 Å². The molecule has 2 aliphatic rings. The lowest BCUT2D eigenvalue weighted by atomic mass is 9.96. The molecule has 1 amide bonds. The zero-order valence-electron chi connectivity index (χ0n) is 11.1. The molecule has 0 aromatic heterocycles. The van der Waals surface area contributed by atoms with E-state index in [-0.39, 0.29) is 0 Å². The van der Waals surface area contributed by atoms with Crippen molar-refractivity contribution < 1.29 is 4.79 Å². The molecule has 2 rings (SSSR count). The van der Waals surface area contributed by atoms with Crippen LogP contribution in [0.25, 0.3) is 0 Å². The first kappa shape index (κ1) is 12.9. The first-order valence-corrected chi connectivity index (χ1v) is 7.27. The molecule has 1 atom stereocenters. The molecule has 0 spiro atoms. The standard InChI is InChI=1S/C14H26N2O/c1-12-11-16(9-8-15-12)14(17)10-13-6-4-2-3-5-7-13/h12-13,15H,2-11H2,1H3/t12-/m0/s1. The van der Waals surface area contributed by atoms with Crippen LogP contribution in [0.4, 0.5) is 0 Å². The fourth-order valence-electron chi connectivity index (χ4n) is 3.10. The van der Waals surface area contributed by atoms with Gasteiger partial charge in [0.05, 0.1) is 0 Å². The SMILES string of the molecule is C[C@H]1CN(C(=O)CC2CCCCCC2)CCN1. The summed E-state index contributed by atoms with van der Waals surface area (Å²) in [6, 6.07) is 0.460. The van der Waals surface area contributed by atoms with Gasteiger partial charge in [-0.2, -0.15) is 0 Å². The topological polar surface area (TPSA) is 32.3 Å². The zero-order chi connectivity index (χ0) is 12.1. The second-order valence-corrected chi connectivity index (χ2v) is 5.76. The molecule has 1 N–H and O–H groups in total. The van der Waals surface area contributed by atoms with E-state index in [0.29, 0.717) is 17.9 Å². The molecule has 0 bridgehead atoms. The molecule has 3 nitrogen and oxygen atoms in total. The highest BCUT2D eigenvalue weighted by molar-refractivity contribution is 5.76. The molecule has 0 aromatic rings. The van der Waals surface area contributed by atoms with Crippen molar-refractivity contribution in [3.63, 3.8) is 0 Å². The lowest BCUT2D eigenvalue weighted by Gasteiger charge is -2.32. The van der Waals surface area contributed by atoms with Gasteiger partial charge in [0.1, 0.15) is 0 Å². The van der Waals surface area contributed by atoms with Gasteiger partial charge < -0.3 is 10.2 Å². The molecule has 98 valence electrons. The number of carbonyl (C=O) groups excluding carboxylic acids is 1. The molecule has 1 saturated carbocycles. The maximum atomic E-state index is 12.2. The van der Waals surface area contributed by atoms with Crippen LogP contribution in [-0.2, 0) is 4.79 Å². The quantitative estimate of drug-likeness (QED) is 0.748. The Bertz CT molecular complexity index is 247. The van der Waals surface area contributed by atoms with Gasteiger partial charge in [0, 0.05) is 32.1 Å². The highest BCUT2D eigenvalue weighted by atomic mass is 16.2. The normalized spacial score (nSPS) is 27.8. The van der Waals surface area contributed by atoms with E-state index in [4.69, 9.17) is 0 Å². The fraction of sp³-hybridized carbons (Fsp3) is 0.929. The van der Waals surface area contributed by atoms with Crippen LogP contribution in [0.5, 0.6) is 0 Å². The number of nitrogens with one attached hydrogen (secondary N) is 1. The van der Waals surface area contributed by atoms with Gasteiger partial charge in [-0.15, -0.1) is 0 Å². The molecule has 0 radical (unpaired) electrons. The van der Waals surface area contributed by atoms with Crippen molar-refractivity contribution in [1.29, 1.82) is 0 Å². The van der Waals surface area contributed by atoms with Gasteiger partial charge in [-0.3, -0.25) is 4.79 Å². The molecule has 1 aliphatic heterocycles. The van der Waals surface area contributed by atoms with Gasteiger partial charge in [0.2, 0.25) is 5.91 Å². The van der Waals surface area contributed by atoms with Crippen LogP contribution < -0.4 is 5.32 Å². The monoisotopic (exact) mass is 238 g/mol. The maximum Gasteiger partial charge on any atom is 0.222 e. The molecule has 17 heavy (non-hydrogen) atoms. The average molecular weight is 238 g/mol. The Morgan fingerprint density at radius 2 is 1.94 bits per heavy atom. The summed E-state index contributed by atoms with van der Waals surface area (Å²) in [6.45, 7) is 4.91. The molecule has 3 heteroatoms. The van der Waals surface area contributed by atoms with E-state index in [0.717, 1.165) is 26.1 Å². The van der Waals surface area contributed by atoms with Gasteiger partial charge in [0.15, 0.2) is 0 Å². The molecule has 0 aromatic carbocycles. The summed E-state index contributed by atoms with van der Waals surface area (Å²) >= 11 is 0. The van der Waals surface area contributed by atoms with Crippen LogP contribution in [0.3, 0.4) is 0 Å². The second-order valence-electron chi connectivity index (χ2n) is 5.76. The number of carbonyl (C=O) groups is 1. The van der Waals surface area contributed by atoms with Crippen LogP contribution >= 0.6 is 0 Å². The van der Waals surface area contributed by atoms with E-state index in [1.165, 1.54) is 38.5 Å². The number of rotatable bonds is 2. The molecule has 2 fully saturated rings. The summed E-state index contributed by atoms with van der Waals surface area (Å²) in [5.41, 5.74) is 0. The number of hydrogen-bond acceptors (Lipinski definition) is 2. The highest BCUT2D eigenvalue weighted by Gasteiger charge is 2.23. The molecule has 1 saturated heterocycles. The van der Waals surface area contributed by atoms with Crippen molar-refractivity contribution in [1.82, 2.24) is 10.2 Å². The minimum Gasteiger partial charge on any atom is -0.340 e. The Balaban J connectivity index is 1.78. The van der Waals surface area contributed by atoms with Crippen molar-refractivity contribution in [2.24, 2.45) is 5.92 Å². The predicted molar refractivity (Wildman–Crippen MR) is 69.9 cm³/mol. The van der Waals surface area contributed by atoms with E-state index in [1.807, 2.05) is 0 Å². The maximum absolute atomic E-state index is 12.2. The number of amides is 1. The van der Waals surface area contributed by atoms with Crippen LogP contribution in [0.1, 0.15) is 51.9 Å². The zero-order valence-corrected chi connectivity index (χ0v) is 11.1. The third-order valence-electron chi connectivity index (χ3n) is 4.16. The van der Waals surface area contributed by atoms with Gasteiger partial charge in [-0.05, 0) is 25.7 Å². The van der Waals surface area contributed by atoms with Gasteiger partial charge in [0.25, 0.3) is 0 Å². The van der Waals surface area contributed by atoms with Crippen molar-refractivity contribution in [2.75, 3.05) is 19.6 Å². The van der Waals surface area contributed by atoms with Crippen molar-refractivity contribution in [2.45, 2.75) is 57.9 Å². The van der Waals surface area contributed by atoms with E-state index in [2.05, 4.69) is 17.1 Å². The summed E-state index contributed by atoms with van der Waals surface area (Å²) in [5, 5.41) is 3.39. The molecule has 1 heterocycles. The minimum atomic E-state index is 0.394. The fourth-order valence-corrected chi connectivity index (χ4v) is 3.10. The van der Waals surface area contributed by atoms with Crippen molar-refractivity contribution >= 4 is 5.91 Å². The van der Waals surface area contributed by atoms with E-state index in [1.54, 1.807) is 0 Å². The molecule has 0 unspecified atom stereocenters. The van der Waals surface area contributed by atoms with E-state index >= 15 is 0 Å². The third kappa shape index (κ3) is 3.98.